The number of carbonyl (C=O) groups is 1. The highest BCUT2D eigenvalue weighted by Crippen LogP contribution is 2.20. The number of amides is 1. The molecule has 1 aromatic carbocycles. The summed E-state index contributed by atoms with van der Waals surface area (Å²) in [7, 11) is 0. The maximum atomic E-state index is 11.2. The van der Waals surface area contributed by atoms with E-state index in [0.717, 1.165) is 0 Å². The number of ether oxygens (including phenoxy) is 1. The molecule has 84 valence electrons. The number of hydrogen-bond acceptors (Lipinski definition) is 4. The van der Waals surface area contributed by atoms with Crippen molar-refractivity contribution in [3.8, 4) is 6.07 Å². The molecule has 0 bridgehead atoms. The van der Waals surface area contributed by atoms with E-state index in [-0.39, 0.29) is 24.5 Å². The Bertz CT molecular complexity index is 429. The third-order valence-electron chi connectivity index (χ3n) is 1.66. The lowest BCUT2D eigenvalue weighted by Crippen LogP contribution is -2.16. The number of halogens is 1. The third kappa shape index (κ3) is 3.42. The van der Waals surface area contributed by atoms with Gasteiger partial charge in [-0.05, 0) is 18.2 Å². The van der Waals surface area contributed by atoms with Gasteiger partial charge in [-0.2, -0.15) is 5.26 Å². The highest BCUT2D eigenvalue weighted by Gasteiger charge is 2.07. The van der Waals surface area contributed by atoms with Gasteiger partial charge in [-0.1, -0.05) is 11.6 Å². The van der Waals surface area contributed by atoms with Gasteiger partial charge < -0.3 is 9.84 Å². The highest BCUT2D eigenvalue weighted by atomic mass is 35.5. The summed E-state index contributed by atoms with van der Waals surface area (Å²) in [5, 5.41) is 20.0. The minimum atomic E-state index is -0.743. The van der Waals surface area contributed by atoms with Crippen LogP contribution in [0, 0.1) is 11.3 Å². The summed E-state index contributed by atoms with van der Waals surface area (Å²) >= 11 is 5.72. The molecule has 1 aromatic rings. The molecule has 0 radical (unpaired) electrons. The van der Waals surface area contributed by atoms with Crippen LogP contribution in [0.25, 0.3) is 0 Å². The molecule has 0 aliphatic rings. The van der Waals surface area contributed by atoms with Crippen molar-refractivity contribution in [3.63, 3.8) is 0 Å². The Labute approximate surface area is 97.2 Å². The summed E-state index contributed by atoms with van der Waals surface area (Å²) in [5.41, 5.74) is 0.559. The summed E-state index contributed by atoms with van der Waals surface area (Å²) in [5.74, 6) is 0. The van der Waals surface area contributed by atoms with E-state index < -0.39 is 6.09 Å². The second kappa shape index (κ2) is 5.95. The fourth-order valence-electron chi connectivity index (χ4n) is 1.00. The van der Waals surface area contributed by atoms with Crippen molar-refractivity contribution >= 4 is 23.4 Å². The quantitative estimate of drug-likeness (QED) is 0.843. The first-order valence-electron chi connectivity index (χ1n) is 4.41. The molecule has 0 saturated heterocycles. The van der Waals surface area contributed by atoms with E-state index in [1.165, 1.54) is 12.1 Å². The Morgan fingerprint density at radius 2 is 2.38 bits per heavy atom. The van der Waals surface area contributed by atoms with Crippen LogP contribution in [0.3, 0.4) is 0 Å². The van der Waals surface area contributed by atoms with E-state index in [0.29, 0.717) is 5.02 Å². The largest absolute Gasteiger partial charge is 0.447 e. The Morgan fingerprint density at radius 1 is 1.62 bits per heavy atom. The molecule has 0 aromatic heterocycles. The fourth-order valence-corrected chi connectivity index (χ4v) is 1.17. The predicted octanol–water partition coefficient (Wildman–Crippen LogP) is 1.75. The van der Waals surface area contributed by atoms with Crippen LogP contribution in [0.5, 0.6) is 0 Å². The SMILES string of the molecule is N#Cc1ccc(Cl)cc1NC(=O)OCCO. The highest BCUT2D eigenvalue weighted by molar-refractivity contribution is 6.31. The van der Waals surface area contributed by atoms with Crippen molar-refractivity contribution in [2.24, 2.45) is 0 Å². The lowest BCUT2D eigenvalue weighted by Gasteiger charge is -2.07. The first-order valence-corrected chi connectivity index (χ1v) is 4.79. The number of nitrogens with one attached hydrogen (secondary N) is 1. The average molecular weight is 241 g/mol. The normalized spacial score (nSPS) is 9.31. The summed E-state index contributed by atoms with van der Waals surface area (Å²) in [6, 6.07) is 6.39. The molecule has 0 spiro atoms. The molecule has 0 saturated carbocycles. The monoisotopic (exact) mass is 240 g/mol. The van der Waals surface area contributed by atoms with E-state index in [9.17, 15) is 4.79 Å². The van der Waals surface area contributed by atoms with Gasteiger partial charge >= 0.3 is 6.09 Å². The Hall–Kier alpha value is -1.77. The molecular formula is C10H9ClN2O3. The van der Waals surface area contributed by atoms with Crippen LogP contribution in [0.2, 0.25) is 5.02 Å². The summed E-state index contributed by atoms with van der Waals surface area (Å²) < 4.78 is 4.58. The Morgan fingerprint density at radius 3 is 3.00 bits per heavy atom. The number of hydrogen-bond donors (Lipinski definition) is 2. The Kier molecular flexibility index (Phi) is 4.58. The first-order chi connectivity index (χ1) is 7.67. The van der Waals surface area contributed by atoms with Crippen LogP contribution in [-0.2, 0) is 4.74 Å². The molecule has 6 heteroatoms. The molecule has 2 N–H and O–H groups in total. The van der Waals surface area contributed by atoms with Gasteiger partial charge in [-0.15, -0.1) is 0 Å². The van der Waals surface area contributed by atoms with Crippen LogP contribution in [0.1, 0.15) is 5.56 Å². The number of aliphatic hydroxyl groups is 1. The number of rotatable bonds is 3. The number of aliphatic hydroxyl groups excluding tert-OH is 1. The zero-order valence-electron chi connectivity index (χ0n) is 8.24. The van der Waals surface area contributed by atoms with Crippen LogP contribution in [0.15, 0.2) is 18.2 Å². The molecule has 16 heavy (non-hydrogen) atoms. The lowest BCUT2D eigenvalue weighted by molar-refractivity contribution is 0.131. The molecular weight excluding hydrogens is 232 g/mol. The van der Waals surface area contributed by atoms with Crippen LogP contribution in [0.4, 0.5) is 10.5 Å². The van der Waals surface area contributed by atoms with Gasteiger partial charge in [0.05, 0.1) is 17.9 Å². The summed E-state index contributed by atoms with van der Waals surface area (Å²) in [4.78, 5) is 11.2. The maximum Gasteiger partial charge on any atom is 0.411 e. The minimum Gasteiger partial charge on any atom is -0.447 e. The number of benzene rings is 1. The minimum absolute atomic E-state index is 0.103. The van der Waals surface area contributed by atoms with Crippen molar-refractivity contribution in [2.45, 2.75) is 0 Å². The lowest BCUT2D eigenvalue weighted by atomic mass is 10.2. The second-order valence-electron chi connectivity index (χ2n) is 2.79. The second-order valence-corrected chi connectivity index (χ2v) is 3.22. The average Bonchev–Trinajstić information content (AvgIpc) is 2.27. The van der Waals surface area contributed by atoms with Crippen molar-refractivity contribution < 1.29 is 14.6 Å². The van der Waals surface area contributed by atoms with Gasteiger partial charge in [0.1, 0.15) is 12.7 Å². The van der Waals surface area contributed by atoms with E-state index >= 15 is 0 Å². The van der Waals surface area contributed by atoms with Gasteiger partial charge in [0, 0.05) is 5.02 Å². The zero-order valence-corrected chi connectivity index (χ0v) is 8.99. The first kappa shape index (κ1) is 12.3. The van der Waals surface area contributed by atoms with Gasteiger partial charge in [-0.3, -0.25) is 5.32 Å². The molecule has 0 atom stereocenters. The van der Waals surface area contributed by atoms with Gasteiger partial charge in [0.2, 0.25) is 0 Å². The molecule has 0 aliphatic carbocycles. The summed E-state index contributed by atoms with van der Waals surface area (Å²) in [6.45, 7) is -0.359. The van der Waals surface area contributed by atoms with Gasteiger partial charge in [0.25, 0.3) is 0 Å². The Balaban J connectivity index is 2.76. The smallest absolute Gasteiger partial charge is 0.411 e. The van der Waals surface area contributed by atoms with E-state index in [4.69, 9.17) is 22.0 Å². The molecule has 0 aliphatic heterocycles. The third-order valence-corrected chi connectivity index (χ3v) is 1.90. The van der Waals surface area contributed by atoms with Crippen LogP contribution < -0.4 is 5.32 Å². The van der Waals surface area contributed by atoms with E-state index in [2.05, 4.69) is 10.1 Å². The standard InChI is InChI=1S/C10H9ClN2O3/c11-8-2-1-7(6-12)9(5-8)13-10(15)16-4-3-14/h1-2,5,14H,3-4H2,(H,13,15). The number of nitriles is 1. The van der Waals surface area contributed by atoms with Crippen molar-refractivity contribution in [2.75, 3.05) is 18.5 Å². The van der Waals surface area contributed by atoms with E-state index in [1.54, 1.807) is 6.07 Å². The number of carbonyl (C=O) groups excluding carboxylic acids is 1. The predicted molar refractivity (Wildman–Crippen MR) is 58.2 cm³/mol. The molecule has 0 fully saturated rings. The van der Waals surface area contributed by atoms with Gasteiger partial charge in [-0.25, -0.2) is 4.79 Å². The molecule has 5 nitrogen and oxygen atoms in total. The number of nitrogens with zero attached hydrogens (tertiary/aromatic N) is 1. The zero-order chi connectivity index (χ0) is 12.0. The molecule has 0 unspecified atom stereocenters. The molecule has 0 heterocycles. The number of anilines is 1. The van der Waals surface area contributed by atoms with Crippen LogP contribution >= 0.6 is 11.6 Å². The van der Waals surface area contributed by atoms with Crippen LogP contribution in [-0.4, -0.2) is 24.4 Å². The van der Waals surface area contributed by atoms with E-state index in [1.807, 2.05) is 6.07 Å². The van der Waals surface area contributed by atoms with Gasteiger partial charge in [0.15, 0.2) is 0 Å². The van der Waals surface area contributed by atoms with Crippen molar-refractivity contribution in [3.05, 3.63) is 28.8 Å². The van der Waals surface area contributed by atoms with Crippen molar-refractivity contribution in [1.29, 1.82) is 5.26 Å². The molecule has 1 amide bonds. The summed E-state index contributed by atoms with van der Waals surface area (Å²) in [6.07, 6.45) is -0.743. The maximum absolute atomic E-state index is 11.2. The van der Waals surface area contributed by atoms with Crippen molar-refractivity contribution in [1.82, 2.24) is 0 Å². The topological polar surface area (TPSA) is 82.4 Å². The fraction of sp³-hybridized carbons (Fsp3) is 0.200. The molecule has 1 rings (SSSR count).